The maximum absolute atomic E-state index is 14.0. The molecule has 0 bridgehead atoms. The van der Waals surface area contributed by atoms with E-state index in [-0.39, 0.29) is 16.9 Å². The van der Waals surface area contributed by atoms with E-state index in [9.17, 15) is 17.6 Å². The third-order valence-corrected chi connectivity index (χ3v) is 3.06. The third kappa shape index (κ3) is 2.70. The summed E-state index contributed by atoms with van der Waals surface area (Å²) in [5, 5.41) is 0. The zero-order valence-electron chi connectivity index (χ0n) is 11.0. The number of rotatable bonds is 4. The van der Waals surface area contributed by atoms with Gasteiger partial charge in [-0.2, -0.15) is 0 Å². The molecule has 1 unspecified atom stereocenters. The van der Waals surface area contributed by atoms with E-state index in [4.69, 9.17) is 10.6 Å². The summed E-state index contributed by atoms with van der Waals surface area (Å²) in [5.74, 6) is 0.278. The van der Waals surface area contributed by atoms with Crippen LogP contribution in [0.4, 0.5) is 17.6 Å². The first-order valence-electron chi connectivity index (χ1n) is 5.93. The van der Waals surface area contributed by atoms with Crippen molar-refractivity contribution in [3.05, 3.63) is 64.7 Å². The normalized spacial score (nSPS) is 12.3. The molecule has 0 radical (unpaired) electrons. The van der Waals surface area contributed by atoms with Crippen LogP contribution in [0, 0.1) is 23.3 Å². The van der Waals surface area contributed by atoms with E-state index in [1.165, 1.54) is 19.2 Å². The van der Waals surface area contributed by atoms with E-state index >= 15 is 0 Å². The molecule has 7 heteroatoms. The Morgan fingerprint density at radius 3 is 2.33 bits per heavy atom. The molecule has 3 N–H and O–H groups in total. The van der Waals surface area contributed by atoms with Crippen LogP contribution in [0.3, 0.4) is 0 Å². The Balaban J connectivity index is 2.63. The summed E-state index contributed by atoms with van der Waals surface area (Å²) in [6.07, 6.45) is 0. The fourth-order valence-corrected chi connectivity index (χ4v) is 2.07. The van der Waals surface area contributed by atoms with Crippen LogP contribution in [0.15, 0.2) is 30.3 Å². The quantitative estimate of drug-likeness (QED) is 0.395. The monoisotopic (exact) mass is 300 g/mol. The molecule has 1 atom stereocenters. The van der Waals surface area contributed by atoms with Crippen LogP contribution >= 0.6 is 0 Å². The molecule has 0 aliphatic rings. The van der Waals surface area contributed by atoms with Crippen LogP contribution in [-0.2, 0) is 0 Å². The number of halogens is 4. The summed E-state index contributed by atoms with van der Waals surface area (Å²) in [4.78, 5) is 0. The van der Waals surface area contributed by atoms with Crippen LogP contribution in [0.1, 0.15) is 17.2 Å². The maximum atomic E-state index is 14.0. The predicted octanol–water partition coefficient (Wildman–Crippen LogP) is 2.80. The van der Waals surface area contributed by atoms with Crippen LogP contribution in [-0.4, -0.2) is 7.11 Å². The van der Waals surface area contributed by atoms with Gasteiger partial charge in [-0.1, -0.05) is 12.1 Å². The Kier molecular flexibility index (Phi) is 4.44. The molecule has 0 aliphatic carbocycles. The first kappa shape index (κ1) is 15.3. The molecule has 3 nitrogen and oxygen atoms in total. The molecule has 0 aromatic heterocycles. The van der Waals surface area contributed by atoms with Crippen LogP contribution in [0.5, 0.6) is 5.75 Å². The molecule has 0 spiro atoms. The summed E-state index contributed by atoms with van der Waals surface area (Å²) in [7, 11) is 1.30. The van der Waals surface area contributed by atoms with Gasteiger partial charge in [-0.3, -0.25) is 5.84 Å². The van der Waals surface area contributed by atoms with Crippen molar-refractivity contribution in [2.45, 2.75) is 6.04 Å². The van der Waals surface area contributed by atoms with E-state index in [1.807, 2.05) is 0 Å². The molecule has 0 saturated carbocycles. The van der Waals surface area contributed by atoms with Crippen LogP contribution < -0.4 is 16.0 Å². The van der Waals surface area contributed by atoms with E-state index in [0.717, 1.165) is 18.2 Å². The van der Waals surface area contributed by atoms with Crippen molar-refractivity contribution in [1.29, 1.82) is 0 Å². The lowest BCUT2D eigenvalue weighted by Crippen LogP contribution is -2.31. The molecule has 0 saturated heterocycles. The molecular formula is C14H12F4N2O. The van der Waals surface area contributed by atoms with Gasteiger partial charge < -0.3 is 4.74 Å². The molecule has 0 heterocycles. The third-order valence-electron chi connectivity index (χ3n) is 3.06. The first-order chi connectivity index (χ1) is 10.0. The van der Waals surface area contributed by atoms with Crippen molar-refractivity contribution in [1.82, 2.24) is 5.43 Å². The summed E-state index contributed by atoms with van der Waals surface area (Å²) in [6.45, 7) is 0. The average Bonchev–Trinajstić information content (AvgIpc) is 2.49. The van der Waals surface area contributed by atoms with Crippen molar-refractivity contribution in [3.63, 3.8) is 0 Å². The van der Waals surface area contributed by atoms with Crippen molar-refractivity contribution >= 4 is 0 Å². The zero-order chi connectivity index (χ0) is 15.6. The number of methoxy groups -OCH3 is 1. The Morgan fingerprint density at radius 1 is 1.00 bits per heavy atom. The highest BCUT2D eigenvalue weighted by molar-refractivity contribution is 5.43. The van der Waals surface area contributed by atoms with Gasteiger partial charge in [-0.25, -0.2) is 23.0 Å². The van der Waals surface area contributed by atoms with Crippen molar-refractivity contribution in [2.75, 3.05) is 7.11 Å². The van der Waals surface area contributed by atoms with Crippen molar-refractivity contribution in [2.24, 2.45) is 5.84 Å². The molecule has 112 valence electrons. The Bertz CT molecular complexity index is 664. The van der Waals surface area contributed by atoms with E-state index in [0.29, 0.717) is 0 Å². The largest absolute Gasteiger partial charge is 0.496 e. The molecule has 21 heavy (non-hydrogen) atoms. The lowest BCUT2D eigenvalue weighted by molar-refractivity contribution is 0.392. The Morgan fingerprint density at radius 2 is 1.71 bits per heavy atom. The fraction of sp³-hybridized carbons (Fsp3) is 0.143. The summed E-state index contributed by atoms with van der Waals surface area (Å²) >= 11 is 0. The fourth-order valence-electron chi connectivity index (χ4n) is 2.07. The van der Waals surface area contributed by atoms with Gasteiger partial charge in [0.1, 0.15) is 11.6 Å². The second kappa shape index (κ2) is 6.11. The van der Waals surface area contributed by atoms with Gasteiger partial charge in [-0.15, -0.1) is 0 Å². The minimum Gasteiger partial charge on any atom is -0.496 e. The lowest BCUT2D eigenvalue weighted by Gasteiger charge is -2.20. The van der Waals surface area contributed by atoms with Gasteiger partial charge in [0.15, 0.2) is 17.5 Å². The summed E-state index contributed by atoms with van der Waals surface area (Å²) in [6, 6.07) is 4.46. The highest BCUT2D eigenvalue weighted by Gasteiger charge is 2.26. The molecular weight excluding hydrogens is 288 g/mol. The van der Waals surface area contributed by atoms with E-state index < -0.39 is 29.3 Å². The molecule has 0 fully saturated rings. The molecule has 0 amide bonds. The average molecular weight is 300 g/mol. The molecule has 2 aromatic rings. The molecule has 0 aliphatic heterocycles. The van der Waals surface area contributed by atoms with Gasteiger partial charge in [-0.05, 0) is 18.2 Å². The topological polar surface area (TPSA) is 47.3 Å². The number of benzene rings is 2. The van der Waals surface area contributed by atoms with Gasteiger partial charge in [0.25, 0.3) is 0 Å². The van der Waals surface area contributed by atoms with Gasteiger partial charge in [0.05, 0.1) is 18.7 Å². The van der Waals surface area contributed by atoms with Crippen molar-refractivity contribution in [3.8, 4) is 5.75 Å². The zero-order valence-corrected chi connectivity index (χ0v) is 11.0. The van der Waals surface area contributed by atoms with Gasteiger partial charge in [0.2, 0.25) is 0 Å². The standard InChI is InChI=1S/C14H12F4N2O/c1-21-10-4-2-3-8(15)11(10)14(20-19)7-5-6-9(16)13(18)12(7)17/h2-6,14,20H,19H2,1H3. The molecule has 2 rings (SSSR count). The minimum atomic E-state index is -1.65. The van der Waals surface area contributed by atoms with Gasteiger partial charge >= 0.3 is 0 Å². The summed E-state index contributed by atoms with van der Waals surface area (Å²) in [5.41, 5.74) is 1.75. The maximum Gasteiger partial charge on any atom is 0.194 e. The second-order valence-corrected chi connectivity index (χ2v) is 4.22. The van der Waals surface area contributed by atoms with Crippen LogP contribution in [0.25, 0.3) is 0 Å². The van der Waals surface area contributed by atoms with Crippen molar-refractivity contribution < 1.29 is 22.3 Å². The second-order valence-electron chi connectivity index (χ2n) is 4.22. The van der Waals surface area contributed by atoms with E-state index in [2.05, 4.69) is 5.43 Å². The highest BCUT2D eigenvalue weighted by atomic mass is 19.2. The minimum absolute atomic E-state index is 0.0992. The Labute approximate surface area is 118 Å². The van der Waals surface area contributed by atoms with Crippen LogP contribution in [0.2, 0.25) is 0 Å². The molecule has 2 aromatic carbocycles. The first-order valence-corrected chi connectivity index (χ1v) is 5.93. The number of ether oxygens (including phenoxy) is 1. The number of nitrogens with one attached hydrogen (secondary N) is 1. The lowest BCUT2D eigenvalue weighted by atomic mass is 9.97. The predicted molar refractivity (Wildman–Crippen MR) is 68.4 cm³/mol. The van der Waals surface area contributed by atoms with E-state index in [1.54, 1.807) is 0 Å². The smallest absolute Gasteiger partial charge is 0.194 e. The summed E-state index contributed by atoms with van der Waals surface area (Å²) < 4.78 is 59.2. The van der Waals surface area contributed by atoms with Gasteiger partial charge in [0, 0.05) is 5.56 Å². The number of nitrogens with two attached hydrogens (primary N) is 1. The number of hydrogen-bond donors (Lipinski definition) is 2. The Hall–Kier alpha value is -2.12. The number of hydrogen-bond acceptors (Lipinski definition) is 3. The number of hydrazine groups is 1. The SMILES string of the molecule is COc1cccc(F)c1C(NN)c1ccc(F)c(F)c1F. The highest BCUT2D eigenvalue weighted by Crippen LogP contribution is 2.33.